The maximum atomic E-state index is 5.46. The van der Waals surface area contributed by atoms with E-state index in [4.69, 9.17) is 5.73 Å². The highest BCUT2D eigenvalue weighted by Gasteiger charge is 2.10. The lowest BCUT2D eigenvalue weighted by atomic mass is 10.4. The van der Waals surface area contributed by atoms with Gasteiger partial charge in [0.2, 0.25) is 0 Å². The molecule has 8 heteroatoms. The molecule has 0 saturated carbocycles. The number of hydrogen-bond donors (Lipinski definition) is 1. The predicted octanol–water partition coefficient (Wildman–Crippen LogP) is 3.70. The summed E-state index contributed by atoms with van der Waals surface area (Å²) in [5.74, 6) is 0.996. The van der Waals surface area contributed by atoms with Crippen molar-refractivity contribution in [3.63, 3.8) is 0 Å². The van der Waals surface area contributed by atoms with Gasteiger partial charge >= 0.3 is 0 Å². The average Bonchev–Trinajstić information content (AvgIpc) is 2.62. The van der Waals surface area contributed by atoms with Crippen LogP contribution in [-0.4, -0.2) is 31.4 Å². The van der Waals surface area contributed by atoms with E-state index in [2.05, 4.69) is 17.3 Å². The molecule has 1 aromatic rings. The van der Waals surface area contributed by atoms with Crippen LogP contribution in [0.2, 0.25) is 0 Å². The fourth-order valence-corrected chi connectivity index (χ4v) is 2.72. The van der Waals surface area contributed by atoms with Crippen molar-refractivity contribution in [3.05, 3.63) is 11.1 Å². The third kappa shape index (κ3) is 8.05. The Morgan fingerprint density at radius 1 is 1.41 bits per heavy atom. The van der Waals surface area contributed by atoms with Crippen molar-refractivity contribution in [3.8, 4) is 0 Å². The smallest absolute Gasteiger partial charge is 0.185 e. The molecule has 17 heavy (non-hydrogen) atoms. The number of nitrogens with zero attached hydrogens (tertiary/aromatic N) is 2. The first-order valence-electron chi connectivity index (χ1n) is 4.59. The van der Waals surface area contributed by atoms with Gasteiger partial charge in [-0.1, -0.05) is 0 Å². The van der Waals surface area contributed by atoms with Crippen LogP contribution < -0.4 is 10.6 Å². The minimum Gasteiger partial charge on any atom is -0.354 e. The third-order valence-corrected chi connectivity index (χ3v) is 4.03. The molecule has 0 radical (unpaired) electrons. The zero-order valence-electron chi connectivity index (χ0n) is 10.1. The quantitative estimate of drug-likeness (QED) is 0.708. The second kappa shape index (κ2) is 12.2. The number of rotatable bonds is 5. The van der Waals surface area contributed by atoms with Crippen LogP contribution in [0.4, 0.5) is 5.13 Å². The lowest BCUT2D eigenvalue weighted by molar-refractivity contribution is 0.999. The van der Waals surface area contributed by atoms with Crippen LogP contribution in [-0.2, 0) is 0 Å². The highest BCUT2D eigenvalue weighted by Crippen LogP contribution is 2.30. The van der Waals surface area contributed by atoms with Gasteiger partial charge in [0.1, 0.15) is 0 Å². The largest absolute Gasteiger partial charge is 0.354 e. The lowest BCUT2D eigenvalue weighted by Gasteiger charge is -2.08. The Labute approximate surface area is 143 Å². The number of hydrogen-bond acceptors (Lipinski definition) is 5. The summed E-state index contributed by atoms with van der Waals surface area (Å²) in [4.78, 5) is 6.58. The molecule has 0 aliphatic rings. The van der Waals surface area contributed by atoms with Crippen molar-refractivity contribution in [2.75, 3.05) is 31.3 Å². The van der Waals surface area contributed by atoms with E-state index in [-0.39, 0.29) is 50.9 Å². The molecule has 3 nitrogen and oxygen atoms in total. The topological polar surface area (TPSA) is 42.1 Å². The van der Waals surface area contributed by atoms with Crippen LogP contribution in [0.5, 0.6) is 0 Å². The molecule has 0 amide bonds. The maximum Gasteiger partial charge on any atom is 0.185 e. The Kier molecular flexibility index (Phi) is 16.7. The number of halogens is 3. The monoisotopic (exact) mass is 471 g/mol. The van der Waals surface area contributed by atoms with E-state index in [1.165, 1.54) is 0 Å². The second-order valence-corrected chi connectivity index (χ2v) is 5.54. The Bertz CT molecular complexity index is 284. The van der Waals surface area contributed by atoms with Gasteiger partial charge in [-0.3, -0.25) is 0 Å². The molecule has 0 aromatic carbocycles. The molecule has 1 unspecified atom stereocenters. The Morgan fingerprint density at radius 2 is 2.00 bits per heavy atom. The summed E-state index contributed by atoms with van der Waals surface area (Å²) in [6, 6.07) is 0. The van der Waals surface area contributed by atoms with Crippen LogP contribution in [0.15, 0.2) is 5.38 Å². The Morgan fingerprint density at radius 3 is 2.41 bits per heavy atom. The number of thioether (sulfide) groups is 1. The summed E-state index contributed by atoms with van der Waals surface area (Å²) in [5, 5.41) is 3.65. The van der Waals surface area contributed by atoms with Crippen molar-refractivity contribution in [2.45, 2.75) is 12.2 Å². The summed E-state index contributed by atoms with van der Waals surface area (Å²) >= 11 is 3.54. The molecule has 1 atom stereocenters. The van der Waals surface area contributed by atoms with Gasteiger partial charge in [-0.15, -0.1) is 62.3 Å². The second-order valence-electron chi connectivity index (χ2n) is 3.25. The van der Waals surface area contributed by atoms with Gasteiger partial charge in [0.25, 0.3) is 0 Å². The summed E-state index contributed by atoms with van der Waals surface area (Å²) in [6.45, 7) is 2.91. The molecule has 0 spiro atoms. The molecular formula is C9H20Br3N3S2. The first kappa shape index (κ1) is 23.3. The van der Waals surface area contributed by atoms with Crippen LogP contribution in [0.1, 0.15) is 17.9 Å². The molecule has 1 aromatic heterocycles. The van der Waals surface area contributed by atoms with Gasteiger partial charge < -0.3 is 10.6 Å². The first-order valence-corrected chi connectivity index (χ1v) is 6.52. The van der Waals surface area contributed by atoms with Crippen molar-refractivity contribution < 1.29 is 0 Å². The predicted molar refractivity (Wildman–Crippen MR) is 97.3 cm³/mol. The molecule has 0 bridgehead atoms. The summed E-state index contributed by atoms with van der Waals surface area (Å²) in [7, 11) is 4.03. The van der Waals surface area contributed by atoms with Gasteiger partial charge in [-0.05, 0) is 6.92 Å². The standard InChI is InChI=1S/C9H17N3S2.3BrH/c1-7(13-5-4-10)8-6-14-9(11-8)12(2)3;;;/h6-7H,4-5,10H2,1-3H3;3*1H. The summed E-state index contributed by atoms with van der Waals surface area (Å²) in [5.41, 5.74) is 6.63. The van der Waals surface area contributed by atoms with E-state index >= 15 is 0 Å². The van der Waals surface area contributed by atoms with Crippen molar-refractivity contribution >= 4 is 79.2 Å². The SMILES string of the molecule is Br.Br.Br.CC(SCCN)c1csc(N(C)C)n1. The van der Waals surface area contributed by atoms with Crippen molar-refractivity contribution in [1.82, 2.24) is 4.98 Å². The third-order valence-electron chi connectivity index (χ3n) is 1.79. The Balaban J connectivity index is -0.000000653. The average molecular weight is 474 g/mol. The van der Waals surface area contributed by atoms with Gasteiger partial charge in [0.15, 0.2) is 5.13 Å². The number of anilines is 1. The van der Waals surface area contributed by atoms with Crippen LogP contribution >= 0.6 is 74.0 Å². The Hall–Kier alpha value is 1.18. The lowest BCUT2D eigenvalue weighted by Crippen LogP contribution is -2.08. The summed E-state index contributed by atoms with van der Waals surface area (Å²) < 4.78 is 0. The van der Waals surface area contributed by atoms with Crippen LogP contribution in [0.3, 0.4) is 0 Å². The molecule has 0 fully saturated rings. The molecule has 0 aliphatic carbocycles. The highest BCUT2D eigenvalue weighted by molar-refractivity contribution is 8.93. The van der Waals surface area contributed by atoms with E-state index in [1.807, 2.05) is 30.8 Å². The maximum absolute atomic E-state index is 5.46. The van der Waals surface area contributed by atoms with Gasteiger partial charge in [0, 0.05) is 37.0 Å². The van der Waals surface area contributed by atoms with E-state index in [0.29, 0.717) is 5.25 Å². The van der Waals surface area contributed by atoms with Gasteiger partial charge in [-0.2, -0.15) is 11.8 Å². The van der Waals surface area contributed by atoms with Crippen molar-refractivity contribution in [1.29, 1.82) is 0 Å². The molecule has 1 heterocycles. The molecule has 1 rings (SSSR count). The molecule has 2 N–H and O–H groups in total. The van der Waals surface area contributed by atoms with Crippen LogP contribution in [0, 0.1) is 0 Å². The number of thiazole rings is 1. The highest BCUT2D eigenvalue weighted by atomic mass is 79.9. The first-order chi connectivity index (χ1) is 6.65. The van der Waals surface area contributed by atoms with Crippen LogP contribution in [0.25, 0.3) is 0 Å². The fourth-order valence-electron chi connectivity index (χ4n) is 0.999. The van der Waals surface area contributed by atoms with E-state index in [0.717, 1.165) is 23.1 Å². The molecule has 0 aliphatic heterocycles. The van der Waals surface area contributed by atoms with E-state index in [1.54, 1.807) is 11.3 Å². The minimum atomic E-state index is 0. The number of nitrogens with two attached hydrogens (primary N) is 1. The molecule has 0 saturated heterocycles. The fraction of sp³-hybridized carbons (Fsp3) is 0.667. The zero-order valence-corrected chi connectivity index (χ0v) is 16.9. The van der Waals surface area contributed by atoms with E-state index < -0.39 is 0 Å². The van der Waals surface area contributed by atoms with Gasteiger partial charge in [-0.25, -0.2) is 4.98 Å². The summed E-state index contributed by atoms with van der Waals surface area (Å²) in [6.07, 6.45) is 0. The van der Waals surface area contributed by atoms with Crippen molar-refractivity contribution in [2.24, 2.45) is 5.73 Å². The molecule has 104 valence electrons. The minimum absolute atomic E-state index is 0. The van der Waals surface area contributed by atoms with Gasteiger partial charge in [0.05, 0.1) is 5.69 Å². The normalized spacial score (nSPS) is 10.6. The molecular weight excluding hydrogens is 454 g/mol. The zero-order chi connectivity index (χ0) is 10.6. The van der Waals surface area contributed by atoms with E-state index in [9.17, 15) is 0 Å². The number of aromatic nitrogens is 1.